The van der Waals surface area contributed by atoms with E-state index in [1.807, 2.05) is 12.1 Å². The van der Waals surface area contributed by atoms with Crippen LogP contribution in [0.4, 0.5) is 0 Å². The van der Waals surface area contributed by atoms with Crippen LogP contribution in [0.3, 0.4) is 0 Å². The smallest absolute Gasteiger partial charge is 0.346 e. The molecular formula is C40H35NO4S2. The first-order valence-electron chi connectivity index (χ1n) is 15.9. The summed E-state index contributed by atoms with van der Waals surface area (Å²) in [6.07, 6.45) is 9.28. The number of nitrogens with zero attached hydrogens (tertiary/aromatic N) is 1. The maximum Gasteiger partial charge on any atom is 0.346 e. The molecule has 0 spiro atoms. The minimum absolute atomic E-state index is 0.338. The highest BCUT2D eigenvalue weighted by atomic mass is 32.1. The molecular weight excluding hydrogens is 623 g/mol. The quantitative estimate of drug-likeness (QED) is 0.0625. The van der Waals surface area contributed by atoms with Gasteiger partial charge in [-0.3, -0.25) is 0 Å². The van der Waals surface area contributed by atoms with Crippen molar-refractivity contribution in [2.45, 2.75) is 39.0 Å². The SMILES string of the molecule is CCCCCCc1cc(-c2sc(C=C(C#N)C(=O)O)c3c2OCCO3)sc1-c1ccc(C=C(c2ccccc2)c2ccccc2)cc1. The Bertz CT molecular complexity index is 1900. The van der Waals surface area contributed by atoms with Crippen molar-refractivity contribution < 1.29 is 19.4 Å². The molecule has 236 valence electrons. The molecule has 5 nitrogen and oxygen atoms in total. The molecule has 0 aliphatic carbocycles. The van der Waals surface area contributed by atoms with Gasteiger partial charge in [-0.25, -0.2) is 4.79 Å². The average molecular weight is 658 g/mol. The van der Waals surface area contributed by atoms with Crippen LogP contribution < -0.4 is 9.47 Å². The number of carboxylic acids is 1. The van der Waals surface area contributed by atoms with Crippen molar-refractivity contribution in [2.75, 3.05) is 13.2 Å². The standard InChI is InChI=1S/C40H35NO4S2/c1-2-3-4-7-16-31-24-35(39-37-36(44-21-22-45-37)34(46-39)25-32(26-41)40(42)43)47-38(31)30-19-17-27(18-20-30)23-33(28-12-8-5-9-13-28)29-14-10-6-11-15-29/h5-6,8-15,17-20,23-25H,2-4,7,16,21-22H2,1H3,(H,42,43). The van der Waals surface area contributed by atoms with E-state index in [1.165, 1.54) is 63.8 Å². The van der Waals surface area contributed by atoms with Gasteiger partial charge in [0.2, 0.25) is 0 Å². The number of thiophene rings is 2. The van der Waals surface area contributed by atoms with Crippen LogP contribution in [0.2, 0.25) is 0 Å². The van der Waals surface area contributed by atoms with E-state index in [4.69, 9.17) is 9.47 Å². The maximum absolute atomic E-state index is 11.6. The number of hydrogen-bond acceptors (Lipinski definition) is 6. The van der Waals surface area contributed by atoms with Crippen molar-refractivity contribution in [1.29, 1.82) is 5.26 Å². The van der Waals surface area contributed by atoms with Crippen LogP contribution in [0.5, 0.6) is 11.5 Å². The summed E-state index contributed by atoms with van der Waals surface area (Å²) in [5.74, 6) is -0.137. The van der Waals surface area contributed by atoms with E-state index in [2.05, 4.69) is 91.9 Å². The molecule has 0 atom stereocenters. The number of ether oxygens (including phenoxy) is 2. The predicted octanol–water partition coefficient (Wildman–Crippen LogP) is 10.6. The van der Waals surface area contributed by atoms with E-state index < -0.39 is 5.97 Å². The highest BCUT2D eigenvalue weighted by Gasteiger charge is 2.27. The molecule has 0 saturated carbocycles. The molecule has 0 bridgehead atoms. The summed E-state index contributed by atoms with van der Waals surface area (Å²) in [4.78, 5) is 15.3. The topological polar surface area (TPSA) is 79.6 Å². The number of rotatable bonds is 12. The van der Waals surface area contributed by atoms with Crippen molar-refractivity contribution in [1.82, 2.24) is 0 Å². The van der Waals surface area contributed by atoms with Crippen LogP contribution in [-0.2, 0) is 11.2 Å². The van der Waals surface area contributed by atoms with E-state index in [0.29, 0.717) is 29.6 Å². The molecule has 0 saturated heterocycles. The summed E-state index contributed by atoms with van der Waals surface area (Å²) in [6, 6.07) is 33.8. The molecule has 3 aromatic carbocycles. The summed E-state index contributed by atoms with van der Waals surface area (Å²) in [5.41, 5.74) is 6.75. The molecule has 2 aromatic heterocycles. The van der Waals surface area contributed by atoms with Gasteiger partial charge >= 0.3 is 5.97 Å². The Labute approximate surface area is 283 Å². The molecule has 1 aliphatic heterocycles. The summed E-state index contributed by atoms with van der Waals surface area (Å²) in [7, 11) is 0. The van der Waals surface area contributed by atoms with Crippen LogP contribution in [0.15, 0.2) is 96.6 Å². The molecule has 0 fully saturated rings. The first-order chi connectivity index (χ1) is 23.1. The number of aliphatic carboxylic acids is 1. The minimum atomic E-state index is -1.27. The van der Waals surface area contributed by atoms with Gasteiger partial charge in [-0.1, -0.05) is 111 Å². The number of nitriles is 1. The second-order valence-corrected chi connectivity index (χ2v) is 13.4. The van der Waals surface area contributed by atoms with Gasteiger partial charge in [0.1, 0.15) is 24.9 Å². The third kappa shape index (κ3) is 7.41. The number of carboxylic acid groups (broad SMARTS) is 1. The maximum atomic E-state index is 11.6. The molecule has 0 radical (unpaired) electrons. The zero-order chi connectivity index (χ0) is 32.6. The first-order valence-corrected chi connectivity index (χ1v) is 17.5. The largest absolute Gasteiger partial charge is 0.485 e. The third-order valence-corrected chi connectivity index (χ3v) is 10.5. The van der Waals surface area contributed by atoms with Gasteiger partial charge in [-0.2, -0.15) is 5.26 Å². The van der Waals surface area contributed by atoms with E-state index in [-0.39, 0.29) is 5.57 Å². The van der Waals surface area contributed by atoms with Crippen LogP contribution in [0, 0.1) is 11.3 Å². The number of carbonyl (C=O) groups is 1. The monoisotopic (exact) mass is 657 g/mol. The van der Waals surface area contributed by atoms with Gasteiger partial charge in [-0.15, -0.1) is 22.7 Å². The minimum Gasteiger partial charge on any atom is -0.485 e. The second kappa shape index (κ2) is 15.1. The summed E-state index contributed by atoms with van der Waals surface area (Å²) in [6.45, 7) is 3.00. The lowest BCUT2D eigenvalue weighted by molar-refractivity contribution is -0.132. The molecule has 5 aromatic rings. The highest BCUT2D eigenvalue weighted by molar-refractivity contribution is 7.24. The number of unbranched alkanes of at least 4 members (excludes halogenated alkanes) is 3. The Morgan fingerprint density at radius 3 is 2.11 bits per heavy atom. The Morgan fingerprint density at radius 1 is 0.830 bits per heavy atom. The number of aryl methyl sites for hydroxylation is 1. The lowest BCUT2D eigenvalue weighted by Gasteiger charge is -2.16. The zero-order valence-electron chi connectivity index (χ0n) is 26.2. The van der Waals surface area contributed by atoms with E-state index in [9.17, 15) is 15.2 Å². The van der Waals surface area contributed by atoms with Gasteiger partial charge in [0.15, 0.2) is 11.5 Å². The Hall–Kier alpha value is -4.90. The molecule has 1 aliphatic rings. The number of benzene rings is 3. The van der Waals surface area contributed by atoms with Gasteiger partial charge < -0.3 is 14.6 Å². The lowest BCUT2D eigenvalue weighted by Crippen LogP contribution is -2.14. The number of fused-ring (bicyclic) bond motifs is 1. The fraction of sp³-hybridized carbons (Fsp3) is 0.200. The van der Waals surface area contributed by atoms with E-state index in [1.54, 1.807) is 17.4 Å². The van der Waals surface area contributed by atoms with Crippen molar-refractivity contribution in [3.05, 3.63) is 124 Å². The first kappa shape index (κ1) is 32.1. The predicted molar refractivity (Wildman–Crippen MR) is 193 cm³/mol. The van der Waals surface area contributed by atoms with E-state index >= 15 is 0 Å². The van der Waals surface area contributed by atoms with Gasteiger partial charge in [0.25, 0.3) is 0 Å². The highest BCUT2D eigenvalue weighted by Crippen LogP contribution is 2.53. The zero-order valence-corrected chi connectivity index (χ0v) is 27.8. The normalized spacial score (nSPS) is 12.4. The molecule has 7 heteroatoms. The van der Waals surface area contributed by atoms with Crippen molar-refractivity contribution in [3.63, 3.8) is 0 Å². The van der Waals surface area contributed by atoms with Crippen LogP contribution in [-0.4, -0.2) is 24.3 Å². The van der Waals surface area contributed by atoms with Crippen molar-refractivity contribution in [2.24, 2.45) is 0 Å². The Kier molecular flexibility index (Phi) is 10.3. The Balaban J connectivity index is 1.38. The molecule has 6 rings (SSSR count). The fourth-order valence-electron chi connectivity index (χ4n) is 5.68. The molecule has 0 amide bonds. The molecule has 47 heavy (non-hydrogen) atoms. The number of hydrogen-bond donors (Lipinski definition) is 1. The summed E-state index contributed by atoms with van der Waals surface area (Å²) < 4.78 is 12.0. The van der Waals surface area contributed by atoms with Gasteiger partial charge in [0.05, 0.1) is 9.75 Å². The molecule has 0 unspecified atom stereocenters. The lowest BCUT2D eigenvalue weighted by atomic mass is 9.95. The Morgan fingerprint density at radius 2 is 1.49 bits per heavy atom. The van der Waals surface area contributed by atoms with Crippen molar-refractivity contribution >= 4 is 46.4 Å². The van der Waals surface area contributed by atoms with Gasteiger partial charge in [0, 0.05) is 9.75 Å². The van der Waals surface area contributed by atoms with Gasteiger partial charge in [-0.05, 0) is 64.5 Å². The van der Waals surface area contributed by atoms with Crippen molar-refractivity contribution in [3.8, 4) is 37.8 Å². The second-order valence-electron chi connectivity index (χ2n) is 11.3. The summed E-state index contributed by atoms with van der Waals surface area (Å²) in [5, 5.41) is 18.9. The van der Waals surface area contributed by atoms with Crippen LogP contribution in [0.25, 0.3) is 37.9 Å². The van der Waals surface area contributed by atoms with Crippen LogP contribution in [0.1, 0.15) is 59.7 Å². The third-order valence-electron chi connectivity index (χ3n) is 8.04. The average Bonchev–Trinajstić information content (AvgIpc) is 3.70. The molecule has 3 heterocycles. The molecule has 1 N–H and O–H groups in total. The van der Waals surface area contributed by atoms with Crippen LogP contribution >= 0.6 is 22.7 Å². The van der Waals surface area contributed by atoms with E-state index in [0.717, 1.165) is 33.7 Å². The summed E-state index contributed by atoms with van der Waals surface area (Å²) >= 11 is 3.12. The fourth-order valence-corrected chi connectivity index (χ4v) is 8.13.